The van der Waals surface area contributed by atoms with Crippen LogP contribution < -0.4 is 0 Å². The van der Waals surface area contributed by atoms with Crippen molar-refractivity contribution in [3.63, 3.8) is 0 Å². The third-order valence-corrected chi connectivity index (χ3v) is 4.03. The van der Waals surface area contributed by atoms with E-state index in [1.54, 1.807) is 17.4 Å². The molecular formula is C14H13N3O2S. The average molecular weight is 287 g/mol. The number of aliphatic hydroxyl groups is 1. The lowest BCUT2D eigenvalue weighted by Gasteiger charge is -2.09. The van der Waals surface area contributed by atoms with Gasteiger partial charge in [-0.2, -0.15) is 5.11 Å². The Bertz CT molecular complexity index is 746. The molecule has 1 aromatic carbocycles. The monoisotopic (exact) mass is 287 g/mol. The number of aliphatic hydroxyl groups excluding tert-OH is 1. The molecule has 0 bridgehead atoms. The smallest absolute Gasteiger partial charge is 0.186 e. The van der Waals surface area contributed by atoms with Crippen LogP contribution in [0.1, 0.15) is 24.3 Å². The summed E-state index contributed by atoms with van der Waals surface area (Å²) in [5, 5.41) is 18.7. The first-order valence-corrected chi connectivity index (χ1v) is 7.19. The zero-order valence-electron chi connectivity index (χ0n) is 11.0. The number of allylic oxidation sites excluding steroid dienone is 2. The molecule has 0 saturated carbocycles. The van der Waals surface area contributed by atoms with E-state index in [4.69, 9.17) is 0 Å². The highest BCUT2D eigenvalue weighted by atomic mass is 32.1. The van der Waals surface area contributed by atoms with Gasteiger partial charge >= 0.3 is 0 Å². The molecule has 1 aliphatic carbocycles. The van der Waals surface area contributed by atoms with Gasteiger partial charge in [0.25, 0.3) is 0 Å². The van der Waals surface area contributed by atoms with Gasteiger partial charge in [-0.15, -0.1) is 16.5 Å². The summed E-state index contributed by atoms with van der Waals surface area (Å²) in [7, 11) is 0. The molecule has 0 spiro atoms. The molecule has 0 radical (unpaired) electrons. The Balaban J connectivity index is 1.92. The van der Waals surface area contributed by atoms with E-state index in [0.29, 0.717) is 24.9 Å². The molecule has 0 fully saturated rings. The summed E-state index contributed by atoms with van der Waals surface area (Å²) in [6.07, 6.45) is 1.59. The van der Waals surface area contributed by atoms with E-state index >= 15 is 0 Å². The van der Waals surface area contributed by atoms with Crippen LogP contribution in [0.2, 0.25) is 0 Å². The maximum Gasteiger partial charge on any atom is 0.186 e. The van der Waals surface area contributed by atoms with E-state index in [1.807, 2.05) is 19.1 Å². The van der Waals surface area contributed by atoms with Crippen LogP contribution in [0, 0.1) is 6.92 Å². The summed E-state index contributed by atoms with van der Waals surface area (Å²) in [5.74, 6) is -0.105. The van der Waals surface area contributed by atoms with Crippen molar-refractivity contribution < 1.29 is 9.90 Å². The number of aromatic nitrogens is 1. The fourth-order valence-corrected chi connectivity index (χ4v) is 2.99. The molecule has 5 nitrogen and oxygen atoms in total. The Labute approximate surface area is 119 Å². The number of azo groups is 1. The average Bonchev–Trinajstić information content (AvgIpc) is 2.77. The van der Waals surface area contributed by atoms with E-state index in [1.165, 1.54) is 0 Å². The molecule has 0 saturated heterocycles. The van der Waals surface area contributed by atoms with Gasteiger partial charge in [0.1, 0.15) is 5.76 Å². The SMILES string of the molecule is Cc1nc2ccc(N=NC3=C(O)CCCC3=O)cc2s1. The van der Waals surface area contributed by atoms with Crippen molar-refractivity contribution in [2.75, 3.05) is 0 Å². The van der Waals surface area contributed by atoms with Gasteiger partial charge in [-0.05, 0) is 31.5 Å². The number of hydrogen-bond acceptors (Lipinski definition) is 6. The van der Waals surface area contributed by atoms with Gasteiger partial charge in [-0.3, -0.25) is 4.79 Å². The number of ketones is 1. The van der Waals surface area contributed by atoms with E-state index in [9.17, 15) is 9.90 Å². The number of benzene rings is 1. The molecule has 1 N–H and O–H groups in total. The summed E-state index contributed by atoms with van der Waals surface area (Å²) < 4.78 is 1.03. The van der Waals surface area contributed by atoms with Gasteiger partial charge in [0.05, 0.1) is 20.9 Å². The summed E-state index contributed by atoms with van der Waals surface area (Å²) in [4.78, 5) is 16.0. The number of carbonyl (C=O) groups is 1. The number of carbonyl (C=O) groups excluding carboxylic acids is 1. The lowest BCUT2D eigenvalue weighted by Crippen LogP contribution is -2.09. The van der Waals surface area contributed by atoms with Crippen LogP contribution in [0.3, 0.4) is 0 Å². The highest BCUT2D eigenvalue weighted by molar-refractivity contribution is 7.18. The van der Waals surface area contributed by atoms with Crippen LogP contribution in [0.25, 0.3) is 10.2 Å². The Kier molecular flexibility index (Phi) is 3.31. The predicted molar refractivity (Wildman–Crippen MR) is 77.4 cm³/mol. The summed E-state index contributed by atoms with van der Waals surface area (Å²) in [5.41, 5.74) is 1.68. The second-order valence-electron chi connectivity index (χ2n) is 4.66. The van der Waals surface area contributed by atoms with E-state index in [2.05, 4.69) is 15.2 Å². The van der Waals surface area contributed by atoms with Crippen molar-refractivity contribution in [2.45, 2.75) is 26.2 Å². The Morgan fingerprint density at radius 1 is 1.30 bits per heavy atom. The Morgan fingerprint density at radius 2 is 2.15 bits per heavy atom. The minimum atomic E-state index is -0.146. The van der Waals surface area contributed by atoms with Crippen molar-refractivity contribution in [1.82, 2.24) is 4.98 Å². The summed E-state index contributed by atoms with van der Waals surface area (Å²) in [6, 6.07) is 5.56. The maximum atomic E-state index is 11.7. The normalized spacial score (nSPS) is 16.6. The van der Waals surface area contributed by atoms with Crippen molar-refractivity contribution in [2.24, 2.45) is 10.2 Å². The van der Waals surface area contributed by atoms with Crippen LogP contribution >= 0.6 is 11.3 Å². The van der Waals surface area contributed by atoms with Crippen molar-refractivity contribution in [3.05, 3.63) is 34.7 Å². The second-order valence-corrected chi connectivity index (χ2v) is 5.89. The number of fused-ring (bicyclic) bond motifs is 1. The topological polar surface area (TPSA) is 74.9 Å². The zero-order valence-corrected chi connectivity index (χ0v) is 11.8. The van der Waals surface area contributed by atoms with E-state index in [-0.39, 0.29) is 17.2 Å². The Hall–Kier alpha value is -2.08. The molecule has 6 heteroatoms. The molecule has 102 valence electrons. The fraction of sp³-hybridized carbons (Fsp3) is 0.286. The predicted octanol–water partition coefficient (Wildman–Crippen LogP) is 4.21. The van der Waals surface area contributed by atoms with Gasteiger partial charge in [0, 0.05) is 12.8 Å². The number of aryl methyl sites for hydroxylation is 1. The van der Waals surface area contributed by atoms with Crippen LogP contribution in [0.15, 0.2) is 39.9 Å². The van der Waals surface area contributed by atoms with Gasteiger partial charge in [0.15, 0.2) is 11.5 Å². The molecule has 0 atom stereocenters. The molecule has 1 heterocycles. The number of thiazole rings is 1. The lowest BCUT2D eigenvalue weighted by atomic mass is 10.0. The van der Waals surface area contributed by atoms with Gasteiger partial charge in [-0.1, -0.05) is 0 Å². The molecule has 2 aromatic rings. The highest BCUT2D eigenvalue weighted by Gasteiger charge is 2.20. The Morgan fingerprint density at radius 3 is 2.95 bits per heavy atom. The number of rotatable bonds is 2. The molecule has 1 aromatic heterocycles. The van der Waals surface area contributed by atoms with Gasteiger partial charge in [-0.25, -0.2) is 4.98 Å². The number of nitrogens with zero attached hydrogens (tertiary/aromatic N) is 3. The molecule has 3 rings (SSSR count). The fourth-order valence-electron chi connectivity index (χ4n) is 2.13. The third-order valence-electron chi connectivity index (χ3n) is 3.10. The van der Waals surface area contributed by atoms with Crippen LogP contribution in [-0.2, 0) is 4.79 Å². The lowest BCUT2D eigenvalue weighted by molar-refractivity contribution is -0.116. The second kappa shape index (κ2) is 5.13. The molecule has 0 unspecified atom stereocenters. The van der Waals surface area contributed by atoms with Crippen LogP contribution in [-0.4, -0.2) is 15.9 Å². The first-order valence-electron chi connectivity index (χ1n) is 6.38. The highest BCUT2D eigenvalue weighted by Crippen LogP contribution is 2.28. The van der Waals surface area contributed by atoms with Crippen LogP contribution in [0.5, 0.6) is 0 Å². The zero-order chi connectivity index (χ0) is 14.1. The molecule has 20 heavy (non-hydrogen) atoms. The van der Waals surface area contributed by atoms with E-state index in [0.717, 1.165) is 15.2 Å². The molecular weight excluding hydrogens is 274 g/mol. The van der Waals surface area contributed by atoms with Crippen molar-refractivity contribution in [3.8, 4) is 0 Å². The summed E-state index contributed by atoms with van der Waals surface area (Å²) in [6.45, 7) is 1.95. The standard InChI is InChI=1S/C14H13N3O2S/c1-8-15-10-6-5-9(7-13(10)20-8)16-17-14-11(18)3-2-4-12(14)19/h5-7,18H,2-4H2,1H3. The molecule has 0 aliphatic heterocycles. The third kappa shape index (κ3) is 2.46. The quantitative estimate of drug-likeness (QED) is 0.840. The van der Waals surface area contributed by atoms with Crippen molar-refractivity contribution in [1.29, 1.82) is 0 Å². The van der Waals surface area contributed by atoms with E-state index < -0.39 is 0 Å². The van der Waals surface area contributed by atoms with Gasteiger partial charge in [0.2, 0.25) is 0 Å². The van der Waals surface area contributed by atoms with Crippen LogP contribution in [0.4, 0.5) is 5.69 Å². The largest absolute Gasteiger partial charge is 0.510 e. The minimum Gasteiger partial charge on any atom is -0.510 e. The maximum absolute atomic E-state index is 11.7. The summed E-state index contributed by atoms with van der Waals surface area (Å²) >= 11 is 1.59. The first kappa shape index (κ1) is 12.9. The number of Topliss-reactive ketones (excluding diaryl/α,β-unsaturated/α-hetero) is 1. The number of hydrogen-bond donors (Lipinski definition) is 1. The van der Waals surface area contributed by atoms with Crippen molar-refractivity contribution >= 4 is 33.0 Å². The first-order chi connectivity index (χ1) is 9.63. The molecule has 1 aliphatic rings. The molecule has 0 amide bonds. The minimum absolute atomic E-state index is 0.0414. The van der Waals surface area contributed by atoms with Gasteiger partial charge < -0.3 is 5.11 Å².